The molecule has 4 aliphatic carbocycles. The van der Waals surface area contributed by atoms with Crippen LogP contribution in [0.4, 0.5) is 0 Å². The minimum absolute atomic E-state index is 0.110. The summed E-state index contributed by atoms with van der Waals surface area (Å²) in [4.78, 5) is 2.69. The molecular weight excluding hydrogens is 234 g/mol. The molecule has 1 N–H and O–H groups in total. The summed E-state index contributed by atoms with van der Waals surface area (Å²) in [7, 11) is 0. The zero-order valence-electron chi connectivity index (χ0n) is 12.4. The molecule has 2 atom stereocenters. The molecule has 1 aliphatic heterocycles. The number of hydrogen-bond acceptors (Lipinski definition) is 2. The normalized spacial score (nSPS) is 50.8. The standard InChI is InChI=1S/C17H29NO/c1-12(19)16-2-3-18(10-16)11-17-7-13-4-14(8-17)6-15(5-13)9-17/h12-16,19H,2-11H2,1H3. The molecule has 2 heteroatoms. The van der Waals surface area contributed by atoms with E-state index in [1.165, 1.54) is 38.8 Å². The summed E-state index contributed by atoms with van der Waals surface area (Å²) < 4.78 is 0. The molecule has 5 fully saturated rings. The van der Waals surface area contributed by atoms with Crippen molar-refractivity contribution in [2.24, 2.45) is 29.1 Å². The zero-order valence-corrected chi connectivity index (χ0v) is 12.4. The lowest BCUT2D eigenvalue weighted by molar-refractivity contribution is -0.0673. The van der Waals surface area contributed by atoms with E-state index in [1.54, 1.807) is 19.3 Å². The van der Waals surface area contributed by atoms with Crippen LogP contribution < -0.4 is 0 Å². The van der Waals surface area contributed by atoms with Gasteiger partial charge in [-0.05, 0) is 87.5 Å². The molecule has 2 unspecified atom stereocenters. The van der Waals surface area contributed by atoms with Gasteiger partial charge >= 0.3 is 0 Å². The molecule has 0 amide bonds. The van der Waals surface area contributed by atoms with Crippen molar-refractivity contribution in [3.63, 3.8) is 0 Å². The van der Waals surface area contributed by atoms with E-state index in [1.807, 2.05) is 6.92 Å². The van der Waals surface area contributed by atoms with Crippen LogP contribution in [0.25, 0.3) is 0 Å². The highest BCUT2D eigenvalue weighted by Crippen LogP contribution is 2.60. The second-order valence-electron chi connectivity index (χ2n) is 8.44. The quantitative estimate of drug-likeness (QED) is 0.846. The van der Waals surface area contributed by atoms with Gasteiger partial charge in [0.25, 0.3) is 0 Å². The molecule has 2 nitrogen and oxygen atoms in total. The van der Waals surface area contributed by atoms with Gasteiger partial charge in [0.15, 0.2) is 0 Å². The SMILES string of the molecule is CC(O)C1CCN(CC23CC4CC(CC(C4)C2)C3)C1. The van der Waals surface area contributed by atoms with Crippen molar-refractivity contribution >= 4 is 0 Å². The Balaban J connectivity index is 1.43. The highest BCUT2D eigenvalue weighted by Gasteiger charge is 2.51. The molecule has 5 aliphatic rings. The van der Waals surface area contributed by atoms with E-state index in [0.717, 1.165) is 24.3 Å². The average molecular weight is 263 g/mol. The van der Waals surface area contributed by atoms with Gasteiger partial charge in [-0.15, -0.1) is 0 Å². The van der Waals surface area contributed by atoms with Crippen LogP contribution in [0.3, 0.4) is 0 Å². The van der Waals surface area contributed by atoms with E-state index in [0.29, 0.717) is 11.3 Å². The van der Waals surface area contributed by atoms with Crippen molar-refractivity contribution in [1.82, 2.24) is 4.90 Å². The van der Waals surface area contributed by atoms with Crippen LogP contribution in [0.2, 0.25) is 0 Å². The van der Waals surface area contributed by atoms with E-state index < -0.39 is 0 Å². The molecule has 1 heterocycles. The Hall–Kier alpha value is -0.0800. The summed E-state index contributed by atoms with van der Waals surface area (Å²) in [6.45, 7) is 5.70. The predicted octanol–water partition coefficient (Wildman–Crippen LogP) is 2.91. The number of aliphatic hydroxyl groups is 1. The Morgan fingerprint density at radius 3 is 2.16 bits per heavy atom. The molecule has 0 spiro atoms. The molecule has 4 bridgehead atoms. The number of likely N-dealkylation sites (tertiary alicyclic amines) is 1. The van der Waals surface area contributed by atoms with Crippen LogP contribution in [0.1, 0.15) is 51.9 Å². The first-order chi connectivity index (χ1) is 9.12. The van der Waals surface area contributed by atoms with Gasteiger partial charge in [0.1, 0.15) is 0 Å². The van der Waals surface area contributed by atoms with Crippen LogP contribution in [0.5, 0.6) is 0 Å². The first kappa shape index (κ1) is 12.6. The predicted molar refractivity (Wildman–Crippen MR) is 76.8 cm³/mol. The van der Waals surface area contributed by atoms with Crippen molar-refractivity contribution in [2.75, 3.05) is 19.6 Å². The van der Waals surface area contributed by atoms with E-state index in [2.05, 4.69) is 4.90 Å². The lowest BCUT2D eigenvalue weighted by atomic mass is 9.49. The zero-order chi connectivity index (χ0) is 13.0. The Kier molecular flexibility index (Phi) is 2.97. The topological polar surface area (TPSA) is 23.5 Å². The molecule has 1 saturated heterocycles. The van der Waals surface area contributed by atoms with Gasteiger partial charge in [0.2, 0.25) is 0 Å². The van der Waals surface area contributed by atoms with E-state index >= 15 is 0 Å². The third-order valence-corrected chi connectivity index (χ3v) is 6.72. The fourth-order valence-corrected chi connectivity index (χ4v) is 6.36. The molecule has 0 aromatic heterocycles. The van der Waals surface area contributed by atoms with E-state index in [4.69, 9.17) is 0 Å². The number of aliphatic hydroxyl groups excluding tert-OH is 1. The summed E-state index contributed by atoms with van der Waals surface area (Å²) in [5, 5.41) is 9.77. The van der Waals surface area contributed by atoms with Gasteiger partial charge < -0.3 is 10.0 Å². The second-order valence-corrected chi connectivity index (χ2v) is 8.44. The van der Waals surface area contributed by atoms with Gasteiger partial charge in [-0.3, -0.25) is 0 Å². The largest absolute Gasteiger partial charge is 0.393 e. The van der Waals surface area contributed by atoms with Crippen molar-refractivity contribution in [3.05, 3.63) is 0 Å². The van der Waals surface area contributed by atoms with Crippen molar-refractivity contribution < 1.29 is 5.11 Å². The van der Waals surface area contributed by atoms with Gasteiger partial charge in [0.05, 0.1) is 6.10 Å². The number of rotatable bonds is 3. The second kappa shape index (κ2) is 4.46. The molecule has 108 valence electrons. The van der Waals surface area contributed by atoms with Crippen molar-refractivity contribution in [3.8, 4) is 0 Å². The van der Waals surface area contributed by atoms with Crippen LogP contribution in [-0.4, -0.2) is 35.7 Å². The van der Waals surface area contributed by atoms with Crippen molar-refractivity contribution in [2.45, 2.75) is 58.0 Å². The summed E-state index contributed by atoms with van der Waals surface area (Å²) in [6, 6.07) is 0. The summed E-state index contributed by atoms with van der Waals surface area (Å²) in [6.07, 6.45) is 10.3. The lowest BCUT2D eigenvalue weighted by Gasteiger charge is -2.57. The molecule has 4 saturated carbocycles. The van der Waals surface area contributed by atoms with Crippen LogP contribution >= 0.6 is 0 Å². The summed E-state index contributed by atoms with van der Waals surface area (Å²) >= 11 is 0. The monoisotopic (exact) mass is 263 g/mol. The maximum atomic E-state index is 9.77. The van der Waals surface area contributed by atoms with Gasteiger partial charge in [-0.1, -0.05) is 0 Å². The third-order valence-electron chi connectivity index (χ3n) is 6.72. The van der Waals surface area contributed by atoms with E-state index in [-0.39, 0.29) is 6.10 Å². The minimum Gasteiger partial charge on any atom is -0.393 e. The maximum absolute atomic E-state index is 9.77. The average Bonchev–Trinajstić information content (AvgIpc) is 2.74. The molecule has 0 aromatic carbocycles. The minimum atomic E-state index is -0.110. The van der Waals surface area contributed by atoms with Crippen molar-refractivity contribution in [1.29, 1.82) is 0 Å². The molecule has 5 rings (SSSR count). The summed E-state index contributed by atoms with van der Waals surface area (Å²) in [5.41, 5.74) is 0.683. The first-order valence-corrected chi connectivity index (χ1v) is 8.52. The smallest absolute Gasteiger partial charge is 0.0552 e. The Morgan fingerprint density at radius 1 is 1.11 bits per heavy atom. The Labute approximate surface area is 117 Å². The summed E-state index contributed by atoms with van der Waals surface area (Å²) in [5.74, 6) is 3.75. The van der Waals surface area contributed by atoms with Crippen LogP contribution in [-0.2, 0) is 0 Å². The van der Waals surface area contributed by atoms with Gasteiger partial charge in [0, 0.05) is 13.1 Å². The highest BCUT2D eigenvalue weighted by molar-refractivity contribution is 5.03. The van der Waals surface area contributed by atoms with Gasteiger partial charge in [-0.25, -0.2) is 0 Å². The first-order valence-electron chi connectivity index (χ1n) is 8.52. The van der Waals surface area contributed by atoms with Crippen LogP contribution in [0, 0.1) is 29.1 Å². The Bertz CT molecular complexity index is 316. The molecule has 19 heavy (non-hydrogen) atoms. The van der Waals surface area contributed by atoms with Gasteiger partial charge in [-0.2, -0.15) is 0 Å². The number of nitrogens with zero attached hydrogens (tertiary/aromatic N) is 1. The fraction of sp³-hybridized carbons (Fsp3) is 1.00. The number of hydrogen-bond donors (Lipinski definition) is 1. The third kappa shape index (κ3) is 2.25. The fourth-order valence-electron chi connectivity index (χ4n) is 6.36. The molecule has 0 aromatic rings. The Morgan fingerprint density at radius 2 is 1.68 bits per heavy atom. The van der Waals surface area contributed by atoms with E-state index in [9.17, 15) is 5.11 Å². The molecular formula is C17H29NO. The van der Waals surface area contributed by atoms with Crippen LogP contribution in [0.15, 0.2) is 0 Å². The molecule has 0 radical (unpaired) electrons. The lowest BCUT2D eigenvalue weighted by Crippen LogP contribution is -2.51. The highest BCUT2D eigenvalue weighted by atomic mass is 16.3. The maximum Gasteiger partial charge on any atom is 0.0552 e.